The number of carbonyl (C=O) groups is 2. The molecule has 5 heteroatoms. The number of carbonyl (C=O) groups excluding carboxylic acids is 1. The minimum atomic E-state index is -0.785. The highest BCUT2D eigenvalue weighted by Crippen LogP contribution is 2.42. The predicted molar refractivity (Wildman–Crippen MR) is 80.5 cm³/mol. The normalized spacial score (nSPS) is 26.5. The molecule has 1 amide bonds. The lowest BCUT2D eigenvalue weighted by Crippen LogP contribution is -2.37. The lowest BCUT2D eigenvalue weighted by atomic mass is 9.89. The van der Waals surface area contributed by atoms with Crippen molar-refractivity contribution < 1.29 is 14.7 Å². The van der Waals surface area contributed by atoms with Gasteiger partial charge in [-0.1, -0.05) is 6.07 Å². The summed E-state index contributed by atoms with van der Waals surface area (Å²) < 4.78 is 0. The summed E-state index contributed by atoms with van der Waals surface area (Å²) in [5, 5.41) is 11.3. The van der Waals surface area contributed by atoms with Crippen molar-refractivity contribution in [2.45, 2.75) is 31.3 Å². The van der Waals surface area contributed by atoms with Gasteiger partial charge in [-0.3, -0.25) is 14.6 Å². The Kier molecular flexibility index (Phi) is 2.89. The van der Waals surface area contributed by atoms with Gasteiger partial charge in [0.25, 0.3) is 5.91 Å². The second-order valence-electron chi connectivity index (χ2n) is 6.13. The first-order valence-electron chi connectivity index (χ1n) is 7.54. The Bertz CT molecular complexity index is 773. The Morgan fingerprint density at radius 1 is 1.18 bits per heavy atom. The van der Waals surface area contributed by atoms with Crippen LogP contribution in [0.3, 0.4) is 0 Å². The minimum absolute atomic E-state index is 0.0537. The van der Waals surface area contributed by atoms with Crippen molar-refractivity contribution in [3.8, 4) is 0 Å². The maximum absolute atomic E-state index is 12.8. The van der Waals surface area contributed by atoms with Gasteiger partial charge >= 0.3 is 5.97 Å². The van der Waals surface area contributed by atoms with Gasteiger partial charge in [-0.05, 0) is 42.8 Å². The summed E-state index contributed by atoms with van der Waals surface area (Å²) in [6, 6.07) is 7.40. The molecule has 0 radical (unpaired) electrons. The summed E-state index contributed by atoms with van der Waals surface area (Å²) in [6.45, 7) is 0. The number of carboxylic acid groups (broad SMARTS) is 1. The Morgan fingerprint density at radius 2 is 2.05 bits per heavy atom. The highest BCUT2D eigenvalue weighted by atomic mass is 16.4. The van der Waals surface area contributed by atoms with Gasteiger partial charge in [-0.15, -0.1) is 0 Å². The van der Waals surface area contributed by atoms with Crippen LogP contribution in [0.4, 0.5) is 0 Å². The maximum Gasteiger partial charge on any atom is 0.308 e. The van der Waals surface area contributed by atoms with Crippen LogP contribution in [0.5, 0.6) is 0 Å². The zero-order chi connectivity index (χ0) is 15.3. The van der Waals surface area contributed by atoms with Crippen molar-refractivity contribution >= 4 is 22.6 Å². The number of hydrogen-bond donors (Lipinski definition) is 1. The highest BCUT2D eigenvalue weighted by molar-refractivity contribution is 5.99. The summed E-state index contributed by atoms with van der Waals surface area (Å²) in [4.78, 5) is 30.0. The number of aliphatic carboxylic acids is 1. The molecule has 2 aliphatic heterocycles. The number of aromatic nitrogens is 1. The number of benzene rings is 1. The Morgan fingerprint density at radius 3 is 2.82 bits per heavy atom. The molecule has 2 aliphatic rings. The molecule has 0 saturated carbocycles. The monoisotopic (exact) mass is 296 g/mol. The molecule has 2 aromatic rings. The first kappa shape index (κ1) is 13.2. The Balaban J connectivity index is 1.67. The largest absolute Gasteiger partial charge is 0.481 e. The van der Waals surface area contributed by atoms with Crippen LogP contribution in [0.2, 0.25) is 0 Å². The SMILES string of the molecule is O=C(O)C1CC2CCC1N2C(=O)c1ccc2ccncc2c1. The van der Waals surface area contributed by atoms with Crippen molar-refractivity contribution in [1.82, 2.24) is 9.88 Å². The number of nitrogens with zero attached hydrogens (tertiary/aromatic N) is 2. The highest BCUT2D eigenvalue weighted by Gasteiger charge is 2.51. The second-order valence-corrected chi connectivity index (χ2v) is 6.13. The van der Waals surface area contributed by atoms with E-state index in [0.29, 0.717) is 12.0 Å². The molecule has 1 aromatic heterocycles. The first-order chi connectivity index (χ1) is 10.6. The number of hydrogen-bond acceptors (Lipinski definition) is 3. The average Bonchev–Trinajstić information content (AvgIpc) is 3.11. The summed E-state index contributed by atoms with van der Waals surface area (Å²) >= 11 is 0. The van der Waals surface area contributed by atoms with E-state index < -0.39 is 11.9 Å². The molecule has 1 aromatic carbocycles. The van der Waals surface area contributed by atoms with Crippen molar-refractivity contribution in [3.63, 3.8) is 0 Å². The second kappa shape index (κ2) is 4.80. The molecule has 4 rings (SSSR count). The zero-order valence-corrected chi connectivity index (χ0v) is 12.0. The molecule has 2 bridgehead atoms. The smallest absolute Gasteiger partial charge is 0.308 e. The summed E-state index contributed by atoms with van der Waals surface area (Å²) in [7, 11) is 0. The average molecular weight is 296 g/mol. The molecule has 3 heterocycles. The maximum atomic E-state index is 12.8. The van der Waals surface area contributed by atoms with E-state index in [1.54, 1.807) is 17.3 Å². The number of pyridine rings is 1. The Labute approximate surface area is 127 Å². The molecule has 2 fully saturated rings. The van der Waals surface area contributed by atoms with Gasteiger partial charge in [0.1, 0.15) is 0 Å². The quantitative estimate of drug-likeness (QED) is 0.923. The molecule has 3 unspecified atom stereocenters. The number of carboxylic acids is 1. The number of rotatable bonds is 2. The van der Waals surface area contributed by atoms with Gasteiger partial charge < -0.3 is 10.0 Å². The third-order valence-electron chi connectivity index (χ3n) is 4.98. The van der Waals surface area contributed by atoms with Gasteiger partial charge in [0.15, 0.2) is 0 Å². The van der Waals surface area contributed by atoms with Gasteiger partial charge in [0.2, 0.25) is 0 Å². The van der Waals surface area contributed by atoms with Crippen LogP contribution in [-0.2, 0) is 4.79 Å². The summed E-state index contributed by atoms with van der Waals surface area (Å²) in [5.74, 6) is -1.25. The number of fused-ring (bicyclic) bond motifs is 3. The van der Waals surface area contributed by atoms with Crippen LogP contribution in [0.15, 0.2) is 36.7 Å². The van der Waals surface area contributed by atoms with E-state index in [1.807, 2.05) is 24.3 Å². The van der Waals surface area contributed by atoms with Gasteiger partial charge in [0.05, 0.1) is 5.92 Å². The van der Waals surface area contributed by atoms with Crippen LogP contribution in [0, 0.1) is 5.92 Å². The predicted octanol–water partition coefficient (Wildman–Crippen LogP) is 2.31. The summed E-state index contributed by atoms with van der Waals surface area (Å²) in [5.41, 5.74) is 0.614. The molecule has 3 atom stereocenters. The van der Waals surface area contributed by atoms with Crippen molar-refractivity contribution in [1.29, 1.82) is 0 Å². The van der Waals surface area contributed by atoms with Crippen LogP contribution >= 0.6 is 0 Å². The standard InChI is InChI=1S/C17H16N2O3/c20-16(11-2-1-10-5-6-18-9-12(10)7-11)19-13-3-4-15(19)14(8-13)17(21)22/h1-2,5-7,9,13-15H,3-4,8H2,(H,21,22). The molecular formula is C17H16N2O3. The van der Waals surface area contributed by atoms with Crippen LogP contribution < -0.4 is 0 Å². The van der Waals surface area contributed by atoms with Crippen molar-refractivity contribution in [2.24, 2.45) is 5.92 Å². The first-order valence-corrected chi connectivity index (χ1v) is 7.54. The van der Waals surface area contributed by atoms with Crippen LogP contribution in [-0.4, -0.2) is 39.0 Å². The van der Waals surface area contributed by atoms with Crippen molar-refractivity contribution in [3.05, 3.63) is 42.2 Å². The van der Waals surface area contributed by atoms with E-state index in [4.69, 9.17) is 0 Å². The topological polar surface area (TPSA) is 70.5 Å². The van der Waals surface area contributed by atoms with Crippen molar-refractivity contribution in [2.75, 3.05) is 0 Å². The third kappa shape index (κ3) is 1.89. The van der Waals surface area contributed by atoms with Crippen LogP contribution in [0.1, 0.15) is 29.6 Å². The van der Waals surface area contributed by atoms with Gasteiger partial charge in [0, 0.05) is 35.4 Å². The number of amides is 1. The van der Waals surface area contributed by atoms with E-state index in [-0.39, 0.29) is 18.0 Å². The Hall–Kier alpha value is -2.43. The van der Waals surface area contributed by atoms with Gasteiger partial charge in [-0.2, -0.15) is 0 Å². The molecular weight excluding hydrogens is 280 g/mol. The molecule has 2 saturated heterocycles. The zero-order valence-electron chi connectivity index (χ0n) is 12.0. The van der Waals surface area contributed by atoms with E-state index >= 15 is 0 Å². The minimum Gasteiger partial charge on any atom is -0.481 e. The fourth-order valence-corrected chi connectivity index (χ4v) is 3.94. The lowest BCUT2D eigenvalue weighted by Gasteiger charge is -2.23. The molecule has 112 valence electrons. The molecule has 0 spiro atoms. The van der Waals surface area contributed by atoms with E-state index in [1.165, 1.54) is 0 Å². The molecule has 22 heavy (non-hydrogen) atoms. The van der Waals surface area contributed by atoms with Crippen LogP contribution in [0.25, 0.3) is 10.8 Å². The summed E-state index contributed by atoms with van der Waals surface area (Å²) in [6.07, 6.45) is 5.76. The van der Waals surface area contributed by atoms with E-state index in [0.717, 1.165) is 23.6 Å². The van der Waals surface area contributed by atoms with Gasteiger partial charge in [-0.25, -0.2) is 0 Å². The van der Waals surface area contributed by atoms with E-state index in [2.05, 4.69) is 4.98 Å². The molecule has 5 nitrogen and oxygen atoms in total. The third-order valence-corrected chi connectivity index (χ3v) is 4.98. The fourth-order valence-electron chi connectivity index (χ4n) is 3.94. The molecule has 0 aliphatic carbocycles. The lowest BCUT2D eigenvalue weighted by molar-refractivity contribution is -0.142. The fraction of sp³-hybridized carbons (Fsp3) is 0.353. The van der Waals surface area contributed by atoms with E-state index in [9.17, 15) is 14.7 Å². The molecule has 1 N–H and O–H groups in total.